The Morgan fingerprint density at radius 3 is 2.00 bits per heavy atom. The molecular weight excluding hydrogens is 396 g/mol. The van der Waals surface area contributed by atoms with Crippen LogP contribution in [0.15, 0.2) is 59.5 Å². The van der Waals surface area contributed by atoms with Gasteiger partial charge in [0.2, 0.25) is 10.0 Å². The number of nitrogens with one attached hydrogen (secondary N) is 1. The van der Waals surface area contributed by atoms with Gasteiger partial charge in [-0.15, -0.1) is 0 Å². The summed E-state index contributed by atoms with van der Waals surface area (Å²) in [6, 6.07) is 12.7. The molecule has 0 saturated carbocycles. The lowest BCUT2D eigenvalue weighted by Crippen LogP contribution is -2.46. The predicted molar refractivity (Wildman–Crippen MR) is 103 cm³/mol. The average molecular weight is 416 g/mol. The van der Waals surface area contributed by atoms with E-state index in [9.17, 15) is 22.8 Å². The second-order valence-corrected chi connectivity index (χ2v) is 8.55. The van der Waals surface area contributed by atoms with E-state index in [0.717, 1.165) is 4.90 Å². The molecule has 0 unspecified atom stereocenters. The Morgan fingerprint density at radius 2 is 1.48 bits per heavy atom. The Bertz CT molecular complexity index is 1010. The first-order valence-electron chi connectivity index (χ1n) is 8.91. The maximum Gasteiger partial charge on any atom is 0.326 e. The molecule has 2 amide bonds. The van der Waals surface area contributed by atoms with Gasteiger partial charge in [0.1, 0.15) is 6.04 Å². The minimum absolute atomic E-state index is 0.0128. The summed E-state index contributed by atoms with van der Waals surface area (Å²) in [6.45, 7) is 2.71. The summed E-state index contributed by atoms with van der Waals surface area (Å²) in [4.78, 5) is 38.0. The van der Waals surface area contributed by atoms with E-state index in [-0.39, 0.29) is 16.0 Å². The van der Waals surface area contributed by atoms with Crippen molar-refractivity contribution in [2.45, 2.75) is 24.8 Å². The molecule has 3 rings (SSSR count). The van der Waals surface area contributed by atoms with Crippen LogP contribution in [0.3, 0.4) is 0 Å². The van der Waals surface area contributed by atoms with E-state index in [1.54, 1.807) is 44.2 Å². The van der Waals surface area contributed by atoms with Crippen molar-refractivity contribution in [1.82, 2.24) is 9.62 Å². The molecule has 2 aromatic carbocycles. The number of benzene rings is 2. The zero-order valence-electron chi connectivity index (χ0n) is 15.9. The summed E-state index contributed by atoms with van der Waals surface area (Å²) in [5, 5.41) is 0. The van der Waals surface area contributed by atoms with Crippen molar-refractivity contribution >= 4 is 27.8 Å². The van der Waals surface area contributed by atoms with Gasteiger partial charge in [-0.2, -0.15) is 4.72 Å². The normalized spacial score (nSPS) is 14.8. The Labute approximate surface area is 168 Å². The van der Waals surface area contributed by atoms with Gasteiger partial charge in [-0.05, 0) is 30.2 Å². The molecule has 8 nitrogen and oxygen atoms in total. The fraction of sp³-hybridized carbons (Fsp3) is 0.250. The highest BCUT2D eigenvalue weighted by Crippen LogP contribution is 2.22. The third-order valence-electron chi connectivity index (χ3n) is 4.47. The smallest absolute Gasteiger partial charge is 0.326 e. The molecule has 1 heterocycles. The van der Waals surface area contributed by atoms with Crippen LogP contribution in [-0.4, -0.2) is 43.9 Å². The maximum atomic E-state index is 12.5. The van der Waals surface area contributed by atoms with E-state index < -0.39 is 46.5 Å². The van der Waals surface area contributed by atoms with E-state index in [1.807, 2.05) is 0 Å². The minimum atomic E-state index is -3.95. The summed E-state index contributed by atoms with van der Waals surface area (Å²) in [7, 11) is -3.95. The SMILES string of the molecule is CC(C)[C@@H](NS(=O)(=O)c1ccccc1)C(=O)OCN1C(=O)c2ccccc2C1=O. The lowest BCUT2D eigenvalue weighted by Gasteiger charge is -2.22. The van der Waals surface area contributed by atoms with E-state index in [4.69, 9.17) is 4.74 Å². The predicted octanol–water partition coefficient (Wildman–Crippen LogP) is 1.79. The molecule has 0 saturated heterocycles. The molecule has 9 heteroatoms. The molecule has 29 heavy (non-hydrogen) atoms. The first-order valence-corrected chi connectivity index (χ1v) is 10.4. The molecule has 0 aliphatic carbocycles. The second-order valence-electron chi connectivity index (χ2n) is 6.83. The summed E-state index contributed by atoms with van der Waals surface area (Å²) < 4.78 is 32.5. The lowest BCUT2D eigenvalue weighted by molar-refractivity contribution is -0.149. The van der Waals surface area contributed by atoms with Crippen molar-refractivity contribution in [3.05, 3.63) is 65.7 Å². The topological polar surface area (TPSA) is 110 Å². The summed E-state index contributed by atoms with van der Waals surface area (Å²) >= 11 is 0. The Hall–Kier alpha value is -3.04. The lowest BCUT2D eigenvalue weighted by atomic mass is 10.1. The number of carbonyl (C=O) groups is 3. The fourth-order valence-electron chi connectivity index (χ4n) is 2.87. The molecule has 0 spiro atoms. The number of imide groups is 1. The Morgan fingerprint density at radius 1 is 0.966 bits per heavy atom. The van der Waals surface area contributed by atoms with Crippen LogP contribution in [0.4, 0.5) is 0 Å². The highest BCUT2D eigenvalue weighted by Gasteiger charge is 2.37. The number of hydrogen-bond donors (Lipinski definition) is 1. The van der Waals surface area contributed by atoms with Crippen LogP contribution in [0.25, 0.3) is 0 Å². The Kier molecular flexibility index (Phi) is 5.81. The number of rotatable bonds is 7. The van der Waals surface area contributed by atoms with E-state index in [1.165, 1.54) is 24.3 Å². The number of amides is 2. The summed E-state index contributed by atoms with van der Waals surface area (Å²) in [6.07, 6.45) is 0. The molecule has 0 bridgehead atoms. The number of ether oxygens (including phenoxy) is 1. The van der Waals surface area contributed by atoms with Gasteiger partial charge in [0, 0.05) is 0 Å². The molecule has 0 aromatic heterocycles. The monoisotopic (exact) mass is 416 g/mol. The quantitative estimate of drug-likeness (QED) is 0.544. The van der Waals surface area contributed by atoms with Crippen molar-refractivity contribution < 1.29 is 27.5 Å². The van der Waals surface area contributed by atoms with Crippen molar-refractivity contribution in [2.75, 3.05) is 6.73 Å². The van der Waals surface area contributed by atoms with E-state index in [0.29, 0.717) is 0 Å². The van der Waals surface area contributed by atoms with Crippen LogP contribution in [0, 0.1) is 5.92 Å². The minimum Gasteiger partial charge on any atom is -0.442 e. The van der Waals surface area contributed by atoms with Gasteiger partial charge < -0.3 is 4.74 Å². The highest BCUT2D eigenvalue weighted by molar-refractivity contribution is 7.89. The largest absolute Gasteiger partial charge is 0.442 e. The number of nitrogens with zero attached hydrogens (tertiary/aromatic N) is 1. The van der Waals surface area contributed by atoms with Crippen LogP contribution >= 0.6 is 0 Å². The van der Waals surface area contributed by atoms with Crippen LogP contribution in [0.1, 0.15) is 34.6 Å². The molecule has 2 aromatic rings. The van der Waals surface area contributed by atoms with Gasteiger partial charge in [-0.1, -0.05) is 44.2 Å². The van der Waals surface area contributed by atoms with Crippen LogP contribution < -0.4 is 4.72 Å². The molecule has 152 valence electrons. The van der Waals surface area contributed by atoms with Gasteiger partial charge in [0.15, 0.2) is 6.73 Å². The summed E-state index contributed by atoms with van der Waals surface area (Å²) in [5.74, 6) is -2.44. The van der Waals surface area contributed by atoms with Crippen molar-refractivity contribution in [3.63, 3.8) is 0 Å². The maximum absolute atomic E-state index is 12.5. The molecule has 1 aliphatic heterocycles. The highest BCUT2D eigenvalue weighted by atomic mass is 32.2. The number of sulfonamides is 1. The van der Waals surface area contributed by atoms with Crippen LogP contribution in [0.5, 0.6) is 0 Å². The molecule has 0 fully saturated rings. The number of fused-ring (bicyclic) bond motifs is 1. The second kappa shape index (κ2) is 8.14. The van der Waals surface area contributed by atoms with Gasteiger partial charge in [0.25, 0.3) is 11.8 Å². The van der Waals surface area contributed by atoms with E-state index in [2.05, 4.69) is 4.72 Å². The molecule has 1 aliphatic rings. The molecular formula is C20H20N2O6S. The van der Waals surface area contributed by atoms with E-state index >= 15 is 0 Å². The van der Waals surface area contributed by atoms with Crippen LogP contribution in [-0.2, 0) is 19.6 Å². The first kappa shape index (κ1) is 20.7. The van der Waals surface area contributed by atoms with Crippen molar-refractivity contribution in [1.29, 1.82) is 0 Å². The molecule has 1 atom stereocenters. The van der Waals surface area contributed by atoms with Gasteiger partial charge in [0.05, 0.1) is 16.0 Å². The summed E-state index contributed by atoms with van der Waals surface area (Å²) in [5.41, 5.74) is 0.470. The average Bonchev–Trinajstić information content (AvgIpc) is 2.95. The standard InChI is InChI=1S/C20H20N2O6S/c1-13(2)17(21-29(26,27)14-8-4-3-5-9-14)20(25)28-12-22-18(23)15-10-6-7-11-16(15)19(22)24/h3-11,13,17,21H,12H2,1-2H3/t17-/m1/s1. The zero-order valence-corrected chi connectivity index (χ0v) is 16.7. The number of hydrogen-bond acceptors (Lipinski definition) is 6. The Balaban J connectivity index is 1.70. The molecule has 0 radical (unpaired) electrons. The van der Waals surface area contributed by atoms with Gasteiger partial charge >= 0.3 is 5.97 Å². The molecule has 1 N–H and O–H groups in total. The van der Waals surface area contributed by atoms with Crippen molar-refractivity contribution in [2.24, 2.45) is 5.92 Å². The fourth-order valence-corrected chi connectivity index (χ4v) is 4.22. The third-order valence-corrected chi connectivity index (χ3v) is 5.93. The number of esters is 1. The van der Waals surface area contributed by atoms with Gasteiger partial charge in [-0.25, -0.2) is 13.3 Å². The van der Waals surface area contributed by atoms with Crippen molar-refractivity contribution in [3.8, 4) is 0 Å². The van der Waals surface area contributed by atoms with Gasteiger partial charge in [-0.3, -0.25) is 14.4 Å². The third kappa shape index (κ3) is 4.20. The first-order chi connectivity index (χ1) is 13.7. The van der Waals surface area contributed by atoms with Crippen LogP contribution in [0.2, 0.25) is 0 Å². The number of carbonyl (C=O) groups excluding carboxylic acids is 3. The zero-order chi connectivity index (χ0) is 21.2.